The lowest BCUT2D eigenvalue weighted by atomic mass is 9.72. The summed E-state index contributed by atoms with van der Waals surface area (Å²) in [5.41, 5.74) is 3.78. The number of piperidine rings is 1. The Balaban J connectivity index is 0.000000355. The lowest BCUT2D eigenvalue weighted by molar-refractivity contribution is -0.192. The molecular formula is C23H23F3N8O3. The Kier molecular flexibility index (Phi) is 6.06. The van der Waals surface area contributed by atoms with Gasteiger partial charge in [0.15, 0.2) is 5.65 Å². The van der Waals surface area contributed by atoms with Crippen molar-refractivity contribution in [2.24, 2.45) is 5.41 Å². The highest BCUT2D eigenvalue weighted by molar-refractivity contribution is 5.73. The number of carboxylic acid groups (broad SMARTS) is 1. The molecule has 0 atom stereocenters. The molecule has 2 saturated heterocycles. The third kappa shape index (κ3) is 4.96. The standard InChI is InChI=1S/C21H22N8O.C2HF3O2/c1-14-23-19-5-3-16(26-29(19)25-14)17-10-20(30)28-11-15(2-4-18(28)24-17)27-12-21(13-27)6-8-22-9-7-21;3-2(4,5)1(6)7/h2-5,10-11,22H,6-9,12-13H2,1H3;(H,6,7). The summed E-state index contributed by atoms with van der Waals surface area (Å²) >= 11 is 0. The Morgan fingerprint density at radius 2 is 1.70 bits per heavy atom. The fraction of sp³-hybridized carbons (Fsp3) is 0.391. The first-order valence-electron chi connectivity index (χ1n) is 11.5. The second kappa shape index (κ2) is 9.10. The van der Waals surface area contributed by atoms with Gasteiger partial charge >= 0.3 is 12.1 Å². The number of alkyl halides is 3. The number of carbonyl (C=O) groups is 1. The minimum Gasteiger partial charge on any atom is -0.475 e. The Labute approximate surface area is 207 Å². The molecule has 0 amide bonds. The van der Waals surface area contributed by atoms with Gasteiger partial charge in [0, 0.05) is 30.8 Å². The second-order valence-corrected chi connectivity index (χ2v) is 9.23. The van der Waals surface area contributed by atoms with E-state index in [0.29, 0.717) is 33.9 Å². The average Bonchev–Trinajstić information content (AvgIpc) is 3.22. The van der Waals surface area contributed by atoms with Crippen LogP contribution in [-0.2, 0) is 4.79 Å². The van der Waals surface area contributed by atoms with Crippen molar-refractivity contribution in [3.05, 3.63) is 52.7 Å². The zero-order chi connectivity index (χ0) is 26.4. The van der Waals surface area contributed by atoms with Crippen LogP contribution in [0.3, 0.4) is 0 Å². The van der Waals surface area contributed by atoms with E-state index < -0.39 is 12.1 Å². The van der Waals surface area contributed by atoms with Gasteiger partial charge in [-0.1, -0.05) is 0 Å². The van der Waals surface area contributed by atoms with Crippen molar-refractivity contribution in [3.63, 3.8) is 0 Å². The highest BCUT2D eigenvalue weighted by atomic mass is 19.4. The summed E-state index contributed by atoms with van der Waals surface area (Å²) in [7, 11) is 0. The van der Waals surface area contributed by atoms with Crippen LogP contribution in [0, 0.1) is 12.3 Å². The van der Waals surface area contributed by atoms with Crippen LogP contribution >= 0.6 is 0 Å². The SMILES string of the molecule is Cc1nc2ccc(-c3cc(=O)n4cc(N5CC6(CCNCC6)C5)ccc4n3)nn2n1.O=C(O)C(F)(F)F. The van der Waals surface area contributed by atoms with Gasteiger partial charge in [-0.3, -0.25) is 9.20 Å². The Bertz CT molecular complexity index is 1530. The lowest BCUT2D eigenvalue weighted by Gasteiger charge is -2.53. The molecule has 6 heterocycles. The highest BCUT2D eigenvalue weighted by Gasteiger charge is 2.43. The largest absolute Gasteiger partial charge is 0.490 e. The molecule has 2 aliphatic heterocycles. The van der Waals surface area contributed by atoms with Crippen LogP contribution in [0.5, 0.6) is 0 Å². The summed E-state index contributed by atoms with van der Waals surface area (Å²) in [6.07, 6.45) is -0.727. The van der Waals surface area contributed by atoms with E-state index in [1.165, 1.54) is 23.5 Å². The number of rotatable bonds is 2. The average molecular weight is 516 g/mol. The summed E-state index contributed by atoms with van der Waals surface area (Å²) in [6, 6.07) is 9.13. The molecular weight excluding hydrogens is 493 g/mol. The molecule has 2 aliphatic rings. The number of pyridine rings is 1. The van der Waals surface area contributed by atoms with Crippen molar-refractivity contribution >= 4 is 23.0 Å². The van der Waals surface area contributed by atoms with Crippen LogP contribution in [0.2, 0.25) is 0 Å². The van der Waals surface area contributed by atoms with E-state index in [4.69, 9.17) is 9.90 Å². The van der Waals surface area contributed by atoms with Gasteiger partial charge in [0.1, 0.15) is 17.2 Å². The first-order chi connectivity index (χ1) is 17.5. The van der Waals surface area contributed by atoms with Gasteiger partial charge in [-0.25, -0.2) is 14.8 Å². The summed E-state index contributed by atoms with van der Waals surface area (Å²) in [5.74, 6) is -2.11. The third-order valence-corrected chi connectivity index (χ3v) is 6.54. The summed E-state index contributed by atoms with van der Waals surface area (Å²) in [4.78, 5) is 33.0. The number of hydrogen-bond acceptors (Lipinski definition) is 8. The Hall–Kier alpha value is -4.07. The van der Waals surface area contributed by atoms with Gasteiger partial charge in [-0.05, 0) is 57.1 Å². The normalized spacial score (nSPS) is 16.9. The number of aromatic nitrogens is 6. The maximum absolute atomic E-state index is 12.9. The molecule has 2 fully saturated rings. The quantitative estimate of drug-likeness (QED) is 0.410. The summed E-state index contributed by atoms with van der Waals surface area (Å²) in [5, 5.41) is 19.3. The highest BCUT2D eigenvalue weighted by Crippen LogP contribution is 2.41. The van der Waals surface area contributed by atoms with E-state index in [1.807, 2.05) is 31.3 Å². The smallest absolute Gasteiger partial charge is 0.475 e. The van der Waals surface area contributed by atoms with E-state index in [1.54, 1.807) is 4.40 Å². The van der Waals surface area contributed by atoms with Crippen LogP contribution in [0.4, 0.5) is 18.9 Å². The minimum absolute atomic E-state index is 0.120. The van der Waals surface area contributed by atoms with Gasteiger partial charge in [0.25, 0.3) is 5.56 Å². The van der Waals surface area contributed by atoms with Crippen LogP contribution < -0.4 is 15.8 Å². The first kappa shape index (κ1) is 24.6. The van der Waals surface area contributed by atoms with Crippen LogP contribution in [0.25, 0.3) is 22.7 Å². The topological polar surface area (TPSA) is 130 Å². The number of nitrogens with zero attached hydrogens (tertiary/aromatic N) is 7. The van der Waals surface area contributed by atoms with E-state index in [-0.39, 0.29) is 5.56 Å². The zero-order valence-electron chi connectivity index (χ0n) is 19.7. The molecule has 4 aromatic heterocycles. The van der Waals surface area contributed by atoms with E-state index in [9.17, 15) is 18.0 Å². The van der Waals surface area contributed by atoms with Gasteiger partial charge < -0.3 is 15.3 Å². The van der Waals surface area contributed by atoms with Crippen LogP contribution in [-0.4, -0.2) is 72.6 Å². The molecule has 0 aromatic carbocycles. The number of carboxylic acids is 1. The van der Waals surface area contributed by atoms with Crippen molar-refractivity contribution in [1.29, 1.82) is 0 Å². The number of fused-ring (bicyclic) bond motifs is 2. The van der Waals surface area contributed by atoms with Gasteiger partial charge in [0.2, 0.25) is 0 Å². The predicted molar refractivity (Wildman–Crippen MR) is 126 cm³/mol. The van der Waals surface area contributed by atoms with Crippen molar-refractivity contribution in [2.75, 3.05) is 31.1 Å². The number of anilines is 1. The van der Waals surface area contributed by atoms with Crippen LogP contribution in [0.1, 0.15) is 18.7 Å². The first-order valence-corrected chi connectivity index (χ1v) is 11.5. The maximum Gasteiger partial charge on any atom is 0.490 e. The Morgan fingerprint density at radius 3 is 2.38 bits per heavy atom. The lowest BCUT2D eigenvalue weighted by Crippen LogP contribution is -2.60. The monoisotopic (exact) mass is 516 g/mol. The van der Waals surface area contributed by atoms with Gasteiger partial charge in [-0.15, -0.1) is 14.8 Å². The summed E-state index contributed by atoms with van der Waals surface area (Å²) in [6.45, 7) is 6.14. The molecule has 6 rings (SSSR count). The minimum atomic E-state index is -5.08. The van der Waals surface area contributed by atoms with Crippen molar-refractivity contribution in [2.45, 2.75) is 25.9 Å². The second-order valence-electron chi connectivity index (χ2n) is 9.23. The molecule has 14 heteroatoms. The number of aryl methyl sites for hydroxylation is 1. The van der Waals surface area contributed by atoms with E-state index in [0.717, 1.165) is 31.9 Å². The molecule has 37 heavy (non-hydrogen) atoms. The van der Waals surface area contributed by atoms with Crippen molar-refractivity contribution < 1.29 is 23.1 Å². The van der Waals surface area contributed by atoms with Gasteiger partial charge in [-0.2, -0.15) is 13.2 Å². The number of aliphatic carboxylic acids is 1. The molecule has 0 bridgehead atoms. The molecule has 0 saturated carbocycles. The predicted octanol–water partition coefficient (Wildman–Crippen LogP) is 1.93. The van der Waals surface area contributed by atoms with Gasteiger partial charge in [0.05, 0.1) is 11.4 Å². The van der Waals surface area contributed by atoms with Crippen molar-refractivity contribution in [3.8, 4) is 11.4 Å². The molecule has 0 aliphatic carbocycles. The molecule has 2 N–H and O–H groups in total. The molecule has 0 radical (unpaired) electrons. The third-order valence-electron chi connectivity index (χ3n) is 6.54. The number of halogens is 3. The number of hydrogen-bond donors (Lipinski definition) is 2. The zero-order valence-corrected chi connectivity index (χ0v) is 19.7. The van der Waals surface area contributed by atoms with E-state index in [2.05, 4.69) is 36.4 Å². The molecule has 4 aromatic rings. The summed E-state index contributed by atoms with van der Waals surface area (Å²) < 4.78 is 34.8. The molecule has 194 valence electrons. The Morgan fingerprint density at radius 1 is 1.03 bits per heavy atom. The molecule has 0 unspecified atom stereocenters. The van der Waals surface area contributed by atoms with Crippen LogP contribution in [0.15, 0.2) is 41.3 Å². The fourth-order valence-electron chi connectivity index (χ4n) is 4.65. The fourth-order valence-corrected chi connectivity index (χ4v) is 4.65. The maximum atomic E-state index is 12.9. The molecule has 1 spiro atoms. The van der Waals surface area contributed by atoms with E-state index >= 15 is 0 Å². The van der Waals surface area contributed by atoms with Crippen molar-refractivity contribution in [1.82, 2.24) is 34.5 Å². The molecule has 11 nitrogen and oxygen atoms in total. The number of nitrogens with one attached hydrogen (secondary N) is 1.